The Bertz CT molecular complexity index is 1070. The Balaban J connectivity index is 1.34. The molecule has 1 amide bonds. The van der Waals surface area contributed by atoms with E-state index in [-0.39, 0.29) is 17.8 Å². The number of halogens is 1. The number of morpholine rings is 1. The minimum absolute atomic E-state index is 0.0895. The van der Waals surface area contributed by atoms with Crippen LogP contribution in [-0.2, 0) is 9.53 Å². The highest BCUT2D eigenvalue weighted by molar-refractivity contribution is 5.77. The molecule has 1 atom stereocenters. The predicted octanol–water partition coefficient (Wildman–Crippen LogP) is 4.32. The van der Waals surface area contributed by atoms with Crippen molar-refractivity contribution in [3.8, 4) is 16.9 Å². The first kappa shape index (κ1) is 22.7. The zero-order valence-corrected chi connectivity index (χ0v) is 18.9. The first-order chi connectivity index (χ1) is 16.0. The monoisotopic (exact) mass is 449 g/mol. The van der Waals surface area contributed by atoms with Gasteiger partial charge in [0.15, 0.2) is 0 Å². The standard InChI is InChI=1S/C26H28FN3O3/c1-29(20-8-10-21(32-2)11-9-20)14-13-26(31)30-15-16-33-25(18-30)24-12-7-19(17-28-24)22-5-3-4-6-23(22)27/h3-12,17,25H,13-16,18H2,1-2H3. The Labute approximate surface area is 193 Å². The second-order valence-electron chi connectivity index (χ2n) is 8.02. The molecule has 7 heteroatoms. The van der Waals surface area contributed by atoms with E-state index in [1.54, 1.807) is 31.5 Å². The van der Waals surface area contributed by atoms with Crippen molar-refractivity contribution in [1.29, 1.82) is 0 Å². The van der Waals surface area contributed by atoms with Crippen LogP contribution in [0.2, 0.25) is 0 Å². The highest BCUT2D eigenvalue weighted by Crippen LogP contribution is 2.26. The van der Waals surface area contributed by atoms with Crippen LogP contribution in [0.4, 0.5) is 10.1 Å². The van der Waals surface area contributed by atoms with Crippen LogP contribution in [-0.4, -0.2) is 56.2 Å². The molecule has 1 aliphatic heterocycles. The smallest absolute Gasteiger partial charge is 0.224 e. The Hall–Kier alpha value is -3.45. The highest BCUT2D eigenvalue weighted by Gasteiger charge is 2.26. The highest BCUT2D eigenvalue weighted by atomic mass is 19.1. The summed E-state index contributed by atoms with van der Waals surface area (Å²) in [7, 11) is 3.61. The van der Waals surface area contributed by atoms with E-state index in [9.17, 15) is 9.18 Å². The normalized spacial score (nSPS) is 15.8. The molecular formula is C26H28FN3O3. The van der Waals surface area contributed by atoms with Gasteiger partial charge in [0, 0.05) is 49.6 Å². The molecule has 0 saturated carbocycles. The summed E-state index contributed by atoms with van der Waals surface area (Å²) in [4.78, 5) is 21.2. The van der Waals surface area contributed by atoms with Crippen molar-refractivity contribution >= 4 is 11.6 Å². The zero-order valence-electron chi connectivity index (χ0n) is 18.9. The van der Waals surface area contributed by atoms with Crippen molar-refractivity contribution in [2.45, 2.75) is 12.5 Å². The second kappa shape index (κ2) is 10.4. The number of carbonyl (C=O) groups excluding carboxylic acids is 1. The van der Waals surface area contributed by atoms with Crippen LogP contribution in [0.5, 0.6) is 5.75 Å². The number of rotatable bonds is 7. The molecule has 2 aromatic carbocycles. The first-order valence-electron chi connectivity index (χ1n) is 11.0. The van der Waals surface area contributed by atoms with E-state index in [4.69, 9.17) is 9.47 Å². The number of aromatic nitrogens is 1. The van der Waals surface area contributed by atoms with Crippen LogP contribution in [0.1, 0.15) is 18.2 Å². The van der Waals surface area contributed by atoms with Crippen LogP contribution >= 0.6 is 0 Å². The fourth-order valence-corrected chi connectivity index (χ4v) is 3.89. The Morgan fingerprint density at radius 3 is 2.67 bits per heavy atom. The number of ether oxygens (including phenoxy) is 2. The average Bonchev–Trinajstić information content (AvgIpc) is 2.87. The maximum atomic E-state index is 14.0. The van der Waals surface area contributed by atoms with E-state index >= 15 is 0 Å². The molecule has 1 aliphatic rings. The van der Waals surface area contributed by atoms with Gasteiger partial charge in [-0.15, -0.1) is 0 Å². The summed E-state index contributed by atoms with van der Waals surface area (Å²) in [5, 5.41) is 0. The van der Waals surface area contributed by atoms with Gasteiger partial charge < -0.3 is 19.3 Å². The molecule has 1 aromatic heterocycles. The van der Waals surface area contributed by atoms with E-state index < -0.39 is 0 Å². The van der Waals surface area contributed by atoms with Crippen molar-refractivity contribution in [3.05, 3.63) is 78.4 Å². The molecule has 0 N–H and O–H groups in total. The molecule has 0 bridgehead atoms. The molecule has 2 heterocycles. The van der Waals surface area contributed by atoms with Crippen LogP contribution in [0.25, 0.3) is 11.1 Å². The largest absolute Gasteiger partial charge is 0.497 e. The third kappa shape index (κ3) is 5.49. The van der Waals surface area contributed by atoms with Gasteiger partial charge in [0.2, 0.25) is 5.91 Å². The van der Waals surface area contributed by atoms with Crippen LogP contribution in [0.3, 0.4) is 0 Å². The van der Waals surface area contributed by atoms with E-state index in [0.29, 0.717) is 43.8 Å². The van der Waals surface area contributed by atoms with Crippen molar-refractivity contribution < 1.29 is 18.7 Å². The second-order valence-corrected chi connectivity index (χ2v) is 8.02. The molecule has 0 spiro atoms. The maximum Gasteiger partial charge on any atom is 0.224 e. The molecule has 33 heavy (non-hydrogen) atoms. The lowest BCUT2D eigenvalue weighted by Crippen LogP contribution is -2.43. The van der Waals surface area contributed by atoms with Gasteiger partial charge in [-0.3, -0.25) is 9.78 Å². The lowest BCUT2D eigenvalue weighted by molar-refractivity contribution is -0.138. The number of amides is 1. The predicted molar refractivity (Wildman–Crippen MR) is 126 cm³/mol. The van der Waals surface area contributed by atoms with Crippen LogP contribution in [0.15, 0.2) is 66.9 Å². The van der Waals surface area contributed by atoms with Gasteiger partial charge in [0.1, 0.15) is 17.7 Å². The molecule has 172 valence electrons. The van der Waals surface area contributed by atoms with Gasteiger partial charge in [-0.2, -0.15) is 0 Å². The van der Waals surface area contributed by atoms with Gasteiger partial charge >= 0.3 is 0 Å². The molecule has 6 nitrogen and oxygen atoms in total. The van der Waals surface area contributed by atoms with Crippen LogP contribution < -0.4 is 9.64 Å². The molecule has 0 aliphatic carbocycles. The number of hydrogen-bond acceptors (Lipinski definition) is 5. The molecule has 1 unspecified atom stereocenters. The fourth-order valence-electron chi connectivity index (χ4n) is 3.89. The van der Waals surface area contributed by atoms with Gasteiger partial charge in [-0.05, 0) is 36.4 Å². The summed E-state index contributed by atoms with van der Waals surface area (Å²) < 4.78 is 25.1. The van der Waals surface area contributed by atoms with Crippen molar-refractivity contribution in [2.24, 2.45) is 0 Å². The minimum atomic E-state index is -0.295. The molecule has 4 rings (SSSR count). The van der Waals surface area contributed by atoms with Crippen molar-refractivity contribution in [2.75, 3.05) is 45.3 Å². The zero-order chi connectivity index (χ0) is 23.2. The first-order valence-corrected chi connectivity index (χ1v) is 11.0. The molecule has 1 fully saturated rings. The summed E-state index contributed by atoms with van der Waals surface area (Å²) >= 11 is 0. The summed E-state index contributed by atoms with van der Waals surface area (Å²) in [6.07, 6.45) is 1.77. The fraction of sp³-hybridized carbons (Fsp3) is 0.308. The number of nitrogens with zero attached hydrogens (tertiary/aromatic N) is 3. The average molecular weight is 450 g/mol. The third-order valence-corrected chi connectivity index (χ3v) is 5.89. The molecule has 0 radical (unpaired) electrons. The summed E-state index contributed by atoms with van der Waals surface area (Å²) in [5.74, 6) is 0.613. The third-order valence-electron chi connectivity index (χ3n) is 5.89. The van der Waals surface area contributed by atoms with Gasteiger partial charge in [-0.25, -0.2) is 4.39 Å². The van der Waals surface area contributed by atoms with E-state index in [1.165, 1.54) is 6.07 Å². The molecule has 3 aromatic rings. The lowest BCUT2D eigenvalue weighted by atomic mass is 10.1. The Kier molecular flexibility index (Phi) is 7.19. The Morgan fingerprint density at radius 1 is 1.18 bits per heavy atom. The van der Waals surface area contributed by atoms with Gasteiger partial charge in [0.25, 0.3) is 0 Å². The number of anilines is 1. The molecular weight excluding hydrogens is 421 g/mol. The number of hydrogen-bond donors (Lipinski definition) is 0. The SMILES string of the molecule is COc1ccc(N(C)CCC(=O)N2CCOC(c3ccc(-c4ccccc4F)cn3)C2)cc1. The van der Waals surface area contributed by atoms with Crippen molar-refractivity contribution in [3.63, 3.8) is 0 Å². The summed E-state index contributed by atoms with van der Waals surface area (Å²) in [5.41, 5.74) is 2.99. The van der Waals surface area contributed by atoms with Gasteiger partial charge in [-0.1, -0.05) is 24.3 Å². The lowest BCUT2D eigenvalue weighted by Gasteiger charge is -2.33. The van der Waals surface area contributed by atoms with Gasteiger partial charge in [0.05, 0.1) is 26.0 Å². The number of methoxy groups -OCH3 is 1. The quantitative estimate of drug-likeness (QED) is 0.538. The summed E-state index contributed by atoms with van der Waals surface area (Å²) in [6.45, 7) is 2.09. The topological polar surface area (TPSA) is 54.9 Å². The van der Waals surface area contributed by atoms with Crippen LogP contribution in [0, 0.1) is 5.82 Å². The minimum Gasteiger partial charge on any atom is -0.497 e. The Morgan fingerprint density at radius 2 is 1.97 bits per heavy atom. The number of pyridine rings is 1. The number of carbonyl (C=O) groups is 1. The van der Waals surface area contributed by atoms with E-state index in [2.05, 4.69) is 9.88 Å². The number of benzene rings is 2. The molecule has 1 saturated heterocycles. The summed E-state index contributed by atoms with van der Waals surface area (Å²) in [6, 6.07) is 18.1. The van der Waals surface area contributed by atoms with E-state index in [0.717, 1.165) is 17.1 Å². The van der Waals surface area contributed by atoms with Crippen molar-refractivity contribution in [1.82, 2.24) is 9.88 Å². The van der Waals surface area contributed by atoms with E-state index in [1.807, 2.05) is 48.3 Å². The maximum absolute atomic E-state index is 14.0.